The summed E-state index contributed by atoms with van der Waals surface area (Å²) in [5, 5.41) is 3.64. The summed E-state index contributed by atoms with van der Waals surface area (Å²) in [6.45, 7) is 4.95. The molecule has 3 rings (SSSR count). The average molecular weight is 258 g/mol. The third kappa shape index (κ3) is 3.80. The molecule has 0 saturated carbocycles. The lowest BCUT2D eigenvalue weighted by atomic mass is 9.89. The molecule has 2 heteroatoms. The topological polar surface area (TPSA) is 15.3 Å². The summed E-state index contributed by atoms with van der Waals surface area (Å²) in [5.41, 5.74) is 1.46. The predicted molar refractivity (Wildman–Crippen MR) is 80.1 cm³/mol. The van der Waals surface area contributed by atoms with Gasteiger partial charge in [0.05, 0.1) is 0 Å². The van der Waals surface area contributed by atoms with E-state index in [2.05, 4.69) is 40.5 Å². The van der Waals surface area contributed by atoms with E-state index in [1.165, 1.54) is 57.3 Å². The number of benzene rings is 1. The molecular formula is C17H26N2. The summed E-state index contributed by atoms with van der Waals surface area (Å²) < 4.78 is 0. The fourth-order valence-corrected chi connectivity index (χ4v) is 3.58. The molecule has 1 N–H and O–H groups in total. The Labute approximate surface area is 117 Å². The van der Waals surface area contributed by atoms with Crippen LogP contribution < -0.4 is 5.32 Å². The highest BCUT2D eigenvalue weighted by Crippen LogP contribution is 2.25. The van der Waals surface area contributed by atoms with Crippen molar-refractivity contribution >= 4 is 0 Å². The molecule has 2 nitrogen and oxygen atoms in total. The first-order valence-electron chi connectivity index (χ1n) is 7.90. The van der Waals surface area contributed by atoms with Crippen molar-refractivity contribution in [2.75, 3.05) is 19.6 Å². The number of nitrogens with zero attached hydrogens (tertiary/aromatic N) is 1. The highest BCUT2D eigenvalue weighted by Gasteiger charge is 2.23. The summed E-state index contributed by atoms with van der Waals surface area (Å²) in [6.07, 6.45) is 7.00. The molecule has 2 heterocycles. The molecule has 2 aliphatic rings. The Morgan fingerprint density at radius 3 is 2.53 bits per heavy atom. The van der Waals surface area contributed by atoms with Gasteiger partial charge in [-0.25, -0.2) is 0 Å². The Morgan fingerprint density at radius 2 is 1.84 bits per heavy atom. The number of hydrogen-bond donors (Lipinski definition) is 1. The zero-order chi connectivity index (χ0) is 12.9. The van der Waals surface area contributed by atoms with Gasteiger partial charge in [-0.3, -0.25) is 4.90 Å². The van der Waals surface area contributed by atoms with Crippen LogP contribution >= 0.6 is 0 Å². The molecule has 104 valence electrons. The molecular weight excluding hydrogens is 232 g/mol. The van der Waals surface area contributed by atoms with E-state index in [0.29, 0.717) is 0 Å². The van der Waals surface area contributed by atoms with Crippen LogP contribution in [0, 0.1) is 5.92 Å². The number of hydrogen-bond acceptors (Lipinski definition) is 2. The monoisotopic (exact) mass is 258 g/mol. The first-order chi connectivity index (χ1) is 9.40. The fraction of sp³-hybridized carbons (Fsp3) is 0.647. The second-order valence-electron chi connectivity index (χ2n) is 6.23. The molecule has 0 bridgehead atoms. The van der Waals surface area contributed by atoms with E-state index in [1.54, 1.807) is 0 Å². The molecule has 19 heavy (non-hydrogen) atoms. The van der Waals surface area contributed by atoms with Gasteiger partial charge in [0, 0.05) is 12.6 Å². The van der Waals surface area contributed by atoms with E-state index in [0.717, 1.165) is 18.5 Å². The maximum Gasteiger partial charge on any atom is 0.0233 e. The minimum atomic E-state index is 0.825. The standard InChI is InChI=1S/C17H26N2/c1-2-5-16(6-3-1)14-19-11-8-15(9-12-19)13-17-7-4-10-18-17/h1-3,5-6,15,17-18H,4,7-14H2. The maximum absolute atomic E-state index is 3.64. The van der Waals surface area contributed by atoms with Gasteiger partial charge in [-0.05, 0) is 63.2 Å². The van der Waals surface area contributed by atoms with Gasteiger partial charge < -0.3 is 5.32 Å². The smallest absolute Gasteiger partial charge is 0.0233 e. The summed E-state index contributed by atoms with van der Waals surface area (Å²) >= 11 is 0. The van der Waals surface area contributed by atoms with Crippen LogP contribution in [0.4, 0.5) is 0 Å². The Bertz CT molecular complexity index is 362. The first-order valence-corrected chi connectivity index (χ1v) is 7.90. The van der Waals surface area contributed by atoms with Gasteiger partial charge in [-0.2, -0.15) is 0 Å². The minimum absolute atomic E-state index is 0.825. The quantitative estimate of drug-likeness (QED) is 0.893. The largest absolute Gasteiger partial charge is 0.314 e. The molecule has 1 aromatic rings. The first kappa shape index (κ1) is 13.1. The molecule has 2 fully saturated rings. The van der Waals surface area contributed by atoms with E-state index in [4.69, 9.17) is 0 Å². The normalized spacial score (nSPS) is 25.8. The Balaban J connectivity index is 1.41. The molecule has 0 amide bonds. The number of piperidine rings is 1. The van der Waals surface area contributed by atoms with Crippen molar-refractivity contribution in [3.8, 4) is 0 Å². The van der Waals surface area contributed by atoms with Crippen molar-refractivity contribution in [3.05, 3.63) is 35.9 Å². The van der Waals surface area contributed by atoms with Crippen LogP contribution in [0.2, 0.25) is 0 Å². The zero-order valence-corrected chi connectivity index (χ0v) is 11.9. The van der Waals surface area contributed by atoms with Gasteiger partial charge >= 0.3 is 0 Å². The summed E-state index contributed by atoms with van der Waals surface area (Å²) in [5.74, 6) is 0.961. The van der Waals surface area contributed by atoms with Gasteiger partial charge in [-0.15, -0.1) is 0 Å². The van der Waals surface area contributed by atoms with Gasteiger partial charge in [0.1, 0.15) is 0 Å². The van der Waals surface area contributed by atoms with E-state index in [-0.39, 0.29) is 0 Å². The van der Waals surface area contributed by atoms with Gasteiger partial charge in [-0.1, -0.05) is 30.3 Å². The number of rotatable bonds is 4. The van der Waals surface area contributed by atoms with Crippen molar-refractivity contribution in [3.63, 3.8) is 0 Å². The molecule has 0 aliphatic carbocycles. The van der Waals surface area contributed by atoms with Crippen molar-refractivity contribution in [1.82, 2.24) is 10.2 Å². The van der Waals surface area contributed by atoms with Gasteiger partial charge in [0.25, 0.3) is 0 Å². The van der Waals surface area contributed by atoms with Gasteiger partial charge in [0.2, 0.25) is 0 Å². The maximum atomic E-state index is 3.64. The lowest BCUT2D eigenvalue weighted by Gasteiger charge is -2.33. The highest BCUT2D eigenvalue weighted by atomic mass is 15.1. The molecule has 1 aromatic carbocycles. The van der Waals surface area contributed by atoms with Crippen molar-refractivity contribution in [2.24, 2.45) is 5.92 Å². The summed E-state index contributed by atoms with van der Waals surface area (Å²) in [7, 11) is 0. The molecule has 1 unspecified atom stereocenters. The molecule has 1 atom stereocenters. The Kier molecular flexibility index (Phi) is 4.52. The van der Waals surface area contributed by atoms with E-state index in [9.17, 15) is 0 Å². The predicted octanol–water partition coefficient (Wildman–Crippen LogP) is 3.04. The second-order valence-corrected chi connectivity index (χ2v) is 6.23. The van der Waals surface area contributed by atoms with E-state index in [1.807, 2.05) is 0 Å². The van der Waals surface area contributed by atoms with Gasteiger partial charge in [0.15, 0.2) is 0 Å². The number of likely N-dealkylation sites (tertiary alicyclic amines) is 1. The molecule has 0 radical (unpaired) electrons. The van der Waals surface area contributed by atoms with Crippen LogP contribution in [-0.2, 0) is 6.54 Å². The van der Waals surface area contributed by atoms with Crippen LogP contribution in [-0.4, -0.2) is 30.6 Å². The third-order valence-corrected chi connectivity index (χ3v) is 4.74. The van der Waals surface area contributed by atoms with Crippen molar-refractivity contribution in [2.45, 2.75) is 44.7 Å². The van der Waals surface area contributed by atoms with E-state index < -0.39 is 0 Å². The van der Waals surface area contributed by atoms with Crippen LogP contribution in [0.5, 0.6) is 0 Å². The van der Waals surface area contributed by atoms with Crippen LogP contribution in [0.15, 0.2) is 30.3 Å². The third-order valence-electron chi connectivity index (χ3n) is 4.74. The highest BCUT2D eigenvalue weighted by molar-refractivity contribution is 5.14. The fourth-order valence-electron chi connectivity index (χ4n) is 3.58. The van der Waals surface area contributed by atoms with Crippen molar-refractivity contribution in [1.29, 1.82) is 0 Å². The minimum Gasteiger partial charge on any atom is -0.314 e. The lowest BCUT2D eigenvalue weighted by molar-refractivity contribution is 0.166. The molecule has 0 aromatic heterocycles. The SMILES string of the molecule is c1ccc(CN2CCC(CC3CCCN3)CC2)cc1. The van der Waals surface area contributed by atoms with Crippen molar-refractivity contribution < 1.29 is 0 Å². The second kappa shape index (κ2) is 6.53. The Morgan fingerprint density at radius 1 is 1.05 bits per heavy atom. The van der Waals surface area contributed by atoms with Crippen LogP contribution in [0.1, 0.15) is 37.7 Å². The summed E-state index contributed by atoms with van der Waals surface area (Å²) in [6, 6.07) is 11.7. The van der Waals surface area contributed by atoms with Crippen LogP contribution in [0.25, 0.3) is 0 Å². The average Bonchev–Trinajstić information content (AvgIpc) is 2.95. The lowest BCUT2D eigenvalue weighted by Crippen LogP contribution is -2.35. The molecule has 0 spiro atoms. The number of nitrogens with one attached hydrogen (secondary N) is 1. The zero-order valence-electron chi connectivity index (χ0n) is 11.9. The Hall–Kier alpha value is -0.860. The molecule has 2 aliphatic heterocycles. The summed E-state index contributed by atoms with van der Waals surface area (Å²) in [4.78, 5) is 2.62. The van der Waals surface area contributed by atoms with E-state index >= 15 is 0 Å². The van der Waals surface area contributed by atoms with Crippen LogP contribution in [0.3, 0.4) is 0 Å². The molecule has 2 saturated heterocycles.